The van der Waals surface area contributed by atoms with Gasteiger partial charge in [-0.2, -0.15) is 0 Å². The number of amides is 2. The quantitative estimate of drug-likeness (QED) is 0.859. The summed E-state index contributed by atoms with van der Waals surface area (Å²) in [6.45, 7) is 5.61. The van der Waals surface area contributed by atoms with Gasteiger partial charge in [0.2, 0.25) is 0 Å². The number of benzene rings is 1. The van der Waals surface area contributed by atoms with Gasteiger partial charge < -0.3 is 19.7 Å². The second-order valence-corrected chi connectivity index (χ2v) is 7.38. The maximum atomic E-state index is 12.7. The standard InChI is InChI=1S/C21H33N3O3/c1-26-19-9-7-18(8-10-19)20(23-13-15-27-16-14-23)17-22-21(25)24-11-5-3-2-4-6-12-24/h7-10,20H,2-6,11-17H2,1H3,(H,22,25). The van der Waals surface area contributed by atoms with E-state index in [4.69, 9.17) is 9.47 Å². The van der Waals surface area contributed by atoms with Crippen molar-refractivity contribution in [2.75, 3.05) is 53.0 Å². The lowest BCUT2D eigenvalue weighted by Crippen LogP contribution is -2.47. The minimum atomic E-state index is 0.0728. The Balaban J connectivity index is 1.63. The van der Waals surface area contributed by atoms with E-state index in [0.29, 0.717) is 6.54 Å². The molecular weight excluding hydrogens is 342 g/mol. The second-order valence-electron chi connectivity index (χ2n) is 7.38. The molecule has 0 aromatic heterocycles. The van der Waals surface area contributed by atoms with Crippen molar-refractivity contribution in [3.8, 4) is 5.75 Å². The predicted molar refractivity (Wildman–Crippen MR) is 106 cm³/mol. The molecule has 1 aromatic carbocycles. The molecule has 2 fully saturated rings. The fourth-order valence-electron chi connectivity index (χ4n) is 3.92. The van der Waals surface area contributed by atoms with Crippen LogP contribution in [-0.2, 0) is 4.74 Å². The largest absolute Gasteiger partial charge is 0.497 e. The number of hydrogen-bond acceptors (Lipinski definition) is 4. The summed E-state index contributed by atoms with van der Waals surface area (Å²) in [6, 6.07) is 8.40. The SMILES string of the molecule is COc1ccc(C(CNC(=O)N2CCCCCCC2)N2CCOCC2)cc1. The molecule has 1 aromatic rings. The molecule has 2 aliphatic heterocycles. The highest BCUT2D eigenvalue weighted by Gasteiger charge is 2.24. The van der Waals surface area contributed by atoms with Gasteiger partial charge in [-0.15, -0.1) is 0 Å². The van der Waals surface area contributed by atoms with Gasteiger partial charge in [0.15, 0.2) is 0 Å². The monoisotopic (exact) mass is 375 g/mol. The molecule has 0 radical (unpaired) electrons. The Labute approximate surface area is 162 Å². The molecule has 1 N–H and O–H groups in total. The lowest BCUT2D eigenvalue weighted by molar-refractivity contribution is 0.0164. The Morgan fingerprint density at radius 3 is 2.30 bits per heavy atom. The van der Waals surface area contributed by atoms with Crippen LogP contribution in [0, 0.1) is 0 Å². The van der Waals surface area contributed by atoms with Crippen molar-refractivity contribution in [2.24, 2.45) is 0 Å². The van der Waals surface area contributed by atoms with E-state index in [1.54, 1.807) is 7.11 Å². The summed E-state index contributed by atoms with van der Waals surface area (Å²) in [5.74, 6) is 0.851. The summed E-state index contributed by atoms with van der Waals surface area (Å²) in [6.07, 6.45) is 5.97. The average Bonchev–Trinajstić information content (AvgIpc) is 2.69. The van der Waals surface area contributed by atoms with Crippen LogP contribution in [-0.4, -0.2) is 68.9 Å². The molecule has 2 aliphatic rings. The Kier molecular flexibility index (Phi) is 7.78. The molecule has 0 aliphatic carbocycles. The third-order valence-electron chi connectivity index (χ3n) is 5.58. The van der Waals surface area contributed by atoms with E-state index in [2.05, 4.69) is 22.3 Å². The van der Waals surface area contributed by atoms with E-state index >= 15 is 0 Å². The second kappa shape index (κ2) is 10.5. The molecule has 3 rings (SSSR count). The minimum absolute atomic E-state index is 0.0728. The normalized spacial score (nSPS) is 20.4. The molecule has 150 valence electrons. The molecule has 6 heteroatoms. The number of carbonyl (C=O) groups excluding carboxylic acids is 1. The molecule has 1 atom stereocenters. The van der Waals surface area contributed by atoms with Crippen LogP contribution in [0.15, 0.2) is 24.3 Å². The van der Waals surface area contributed by atoms with Crippen molar-refractivity contribution in [3.63, 3.8) is 0 Å². The van der Waals surface area contributed by atoms with Gasteiger partial charge in [-0.05, 0) is 30.5 Å². The molecule has 2 saturated heterocycles. The molecule has 2 amide bonds. The Bertz CT molecular complexity index is 565. The number of hydrogen-bond donors (Lipinski definition) is 1. The van der Waals surface area contributed by atoms with Crippen molar-refractivity contribution < 1.29 is 14.3 Å². The van der Waals surface area contributed by atoms with Crippen LogP contribution >= 0.6 is 0 Å². The molecular formula is C21H33N3O3. The zero-order valence-corrected chi connectivity index (χ0v) is 16.5. The smallest absolute Gasteiger partial charge is 0.317 e. The van der Waals surface area contributed by atoms with Crippen molar-refractivity contribution in [3.05, 3.63) is 29.8 Å². The van der Waals surface area contributed by atoms with Crippen LogP contribution in [0.1, 0.15) is 43.7 Å². The van der Waals surface area contributed by atoms with Crippen LogP contribution in [0.5, 0.6) is 5.75 Å². The summed E-state index contributed by atoms with van der Waals surface area (Å²) < 4.78 is 10.8. The third kappa shape index (κ3) is 5.84. The highest BCUT2D eigenvalue weighted by Crippen LogP contribution is 2.24. The van der Waals surface area contributed by atoms with Gasteiger partial charge >= 0.3 is 6.03 Å². The van der Waals surface area contributed by atoms with Gasteiger partial charge in [-0.1, -0.05) is 31.4 Å². The van der Waals surface area contributed by atoms with Crippen LogP contribution in [0.2, 0.25) is 0 Å². The number of urea groups is 1. The molecule has 0 bridgehead atoms. The lowest BCUT2D eigenvalue weighted by Gasteiger charge is -2.35. The fraction of sp³-hybridized carbons (Fsp3) is 0.667. The fourth-order valence-corrected chi connectivity index (χ4v) is 3.92. The third-order valence-corrected chi connectivity index (χ3v) is 5.58. The van der Waals surface area contributed by atoms with E-state index in [1.807, 2.05) is 17.0 Å². The maximum Gasteiger partial charge on any atom is 0.317 e. The minimum Gasteiger partial charge on any atom is -0.497 e. The maximum absolute atomic E-state index is 12.7. The van der Waals surface area contributed by atoms with Crippen LogP contribution in [0.4, 0.5) is 4.79 Å². The van der Waals surface area contributed by atoms with Gasteiger partial charge in [0.05, 0.1) is 26.4 Å². The first-order valence-corrected chi connectivity index (χ1v) is 10.3. The van der Waals surface area contributed by atoms with E-state index in [0.717, 1.165) is 58.0 Å². The summed E-state index contributed by atoms with van der Waals surface area (Å²) in [5, 5.41) is 3.20. The predicted octanol–water partition coefficient (Wildman–Crippen LogP) is 3.04. The van der Waals surface area contributed by atoms with Gasteiger partial charge in [0, 0.05) is 32.7 Å². The van der Waals surface area contributed by atoms with Crippen molar-refractivity contribution in [1.82, 2.24) is 15.1 Å². The number of nitrogens with one attached hydrogen (secondary N) is 1. The first-order chi connectivity index (χ1) is 13.3. The zero-order chi connectivity index (χ0) is 18.9. The number of likely N-dealkylation sites (tertiary alicyclic amines) is 1. The number of ether oxygens (including phenoxy) is 2. The Hall–Kier alpha value is -1.79. The van der Waals surface area contributed by atoms with Crippen molar-refractivity contribution in [1.29, 1.82) is 0 Å². The number of rotatable bonds is 5. The molecule has 27 heavy (non-hydrogen) atoms. The topological polar surface area (TPSA) is 54.0 Å². The number of carbonyl (C=O) groups is 1. The number of methoxy groups -OCH3 is 1. The van der Waals surface area contributed by atoms with Crippen molar-refractivity contribution >= 4 is 6.03 Å². The van der Waals surface area contributed by atoms with Crippen molar-refractivity contribution in [2.45, 2.75) is 38.1 Å². The van der Waals surface area contributed by atoms with E-state index in [9.17, 15) is 4.79 Å². The highest BCUT2D eigenvalue weighted by molar-refractivity contribution is 5.74. The van der Waals surface area contributed by atoms with Gasteiger partial charge in [-0.25, -0.2) is 4.79 Å². The first-order valence-electron chi connectivity index (χ1n) is 10.3. The van der Waals surface area contributed by atoms with Gasteiger partial charge in [-0.3, -0.25) is 4.90 Å². The molecule has 0 spiro atoms. The lowest BCUT2D eigenvalue weighted by atomic mass is 10.0. The van der Waals surface area contributed by atoms with E-state index in [-0.39, 0.29) is 12.1 Å². The Morgan fingerprint density at radius 1 is 1.04 bits per heavy atom. The number of morpholine rings is 1. The van der Waals surface area contributed by atoms with Crippen LogP contribution in [0.3, 0.4) is 0 Å². The molecule has 2 heterocycles. The highest BCUT2D eigenvalue weighted by atomic mass is 16.5. The molecule has 0 saturated carbocycles. The Morgan fingerprint density at radius 2 is 1.67 bits per heavy atom. The first kappa shape index (κ1) is 20.0. The molecule has 6 nitrogen and oxygen atoms in total. The summed E-state index contributed by atoms with van der Waals surface area (Å²) in [7, 11) is 1.68. The molecule has 1 unspecified atom stereocenters. The van der Waals surface area contributed by atoms with Gasteiger partial charge in [0.1, 0.15) is 5.75 Å². The van der Waals surface area contributed by atoms with Crippen LogP contribution in [0.25, 0.3) is 0 Å². The number of nitrogens with zero attached hydrogens (tertiary/aromatic N) is 2. The van der Waals surface area contributed by atoms with E-state index in [1.165, 1.54) is 24.8 Å². The zero-order valence-electron chi connectivity index (χ0n) is 16.5. The average molecular weight is 376 g/mol. The van der Waals surface area contributed by atoms with Crippen LogP contribution < -0.4 is 10.1 Å². The summed E-state index contributed by atoms with van der Waals surface area (Å²) >= 11 is 0. The van der Waals surface area contributed by atoms with Gasteiger partial charge in [0.25, 0.3) is 0 Å². The summed E-state index contributed by atoms with van der Waals surface area (Å²) in [5.41, 5.74) is 1.20. The van der Waals surface area contributed by atoms with E-state index < -0.39 is 0 Å². The summed E-state index contributed by atoms with van der Waals surface area (Å²) in [4.78, 5) is 17.1.